The summed E-state index contributed by atoms with van der Waals surface area (Å²) in [4.78, 5) is 21.9. The molecule has 0 radical (unpaired) electrons. The summed E-state index contributed by atoms with van der Waals surface area (Å²) in [5.74, 6) is -0.227. The smallest absolute Gasteiger partial charge is 0.481 e. The molecule has 2 heterocycles. The van der Waals surface area contributed by atoms with Gasteiger partial charge in [0.1, 0.15) is 5.75 Å². The number of carboxylic acid groups (broad SMARTS) is 1. The molecule has 1 aromatic carbocycles. The summed E-state index contributed by atoms with van der Waals surface area (Å²) < 4.78 is 10.9. The van der Waals surface area contributed by atoms with Crippen LogP contribution in [0.5, 0.6) is 11.6 Å². The maximum atomic E-state index is 10.9. The second-order valence-corrected chi connectivity index (χ2v) is 5.24. The Morgan fingerprint density at radius 3 is 2.88 bits per heavy atom. The Bertz CT molecular complexity index is 834. The first kappa shape index (κ1) is 15.9. The molecule has 1 aromatic heterocycles. The standard InChI is InChI=1S/C15H12BN3O5/c1-8-3-9(23-13-7-18-12(17-2)6-19-13)4-10-15(8)11(5-14(20)21)24-16(10)22/h3-4,6-7,11,22H,5H2,1H3,(H,20,21). The minimum absolute atomic E-state index is 0.160. The fourth-order valence-electron chi connectivity index (χ4n) is 2.64. The molecule has 3 rings (SSSR count). The highest BCUT2D eigenvalue weighted by Crippen LogP contribution is 2.32. The van der Waals surface area contributed by atoms with E-state index in [-0.39, 0.29) is 18.1 Å². The van der Waals surface area contributed by atoms with E-state index < -0.39 is 19.2 Å². The van der Waals surface area contributed by atoms with E-state index in [0.29, 0.717) is 16.8 Å². The monoisotopic (exact) mass is 325 g/mol. The molecule has 1 aliphatic rings. The van der Waals surface area contributed by atoms with Gasteiger partial charge in [-0.3, -0.25) is 4.79 Å². The number of rotatable bonds is 4. The van der Waals surface area contributed by atoms with Crippen LogP contribution in [0.4, 0.5) is 5.82 Å². The van der Waals surface area contributed by atoms with Crippen LogP contribution in [0.2, 0.25) is 0 Å². The predicted molar refractivity (Wildman–Crippen MR) is 83.2 cm³/mol. The maximum Gasteiger partial charge on any atom is 0.492 e. The summed E-state index contributed by atoms with van der Waals surface area (Å²) in [5, 5.41) is 19.0. The summed E-state index contributed by atoms with van der Waals surface area (Å²) in [6.45, 7) is 8.62. The molecule has 24 heavy (non-hydrogen) atoms. The van der Waals surface area contributed by atoms with Crippen LogP contribution < -0.4 is 10.2 Å². The van der Waals surface area contributed by atoms with Crippen molar-refractivity contribution in [1.29, 1.82) is 0 Å². The first-order valence-electron chi connectivity index (χ1n) is 7.05. The average molecular weight is 325 g/mol. The van der Waals surface area contributed by atoms with Gasteiger partial charge in [-0.25, -0.2) is 4.98 Å². The van der Waals surface area contributed by atoms with Crippen LogP contribution in [-0.2, 0) is 9.45 Å². The Morgan fingerprint density at radius 2 is 2.25 bits per heavy atom. The fourth-order valence-corrected chi connectivity index (χ4v) is 2.64. The van der Waals surface area contributed by atoms with Crippen molar-refractivity contribution in [2.24, 2.45) is 0 Å². The van der Waals surface area contributed by atoms with Crippen molar-refractivity contribution in [3.05, 3.63) is 47.1 Å². The lowest BCUT2D eigenvalue weighted by atomic mass is 9.77. The van der Waals surface area contributed by atoms with E-state index in [2.05, 4.69) is 14.8 Å². The average Bonchev–Trinajstić information content (AvgIpc) is 2.84. The Kier molecular flexibility index (Phi) is 4.16. The first-order valence-corrected chi connectivity index (χ1v) is 7.05. The van der Waals surface area contributed by atoms with Gasteiger partial charge in [0.25, 0.3) is 11.7 Å². The molecular weight excluding hydrogens is 313 g/mol. The Hall–Kier alpha value is -2.96. The largest absolute Gasteiger partial charge is 0.492 e. The summed E-state index contributed by atoms with van der Waals surface area (Å²) >= 11 is 0. The van der Waals surface area contributed by atoms with E-state index in [9.17, 15) is 9.82 Å². The molecule has 0 spiro atoms. The van der Waals surface area contributed by atoms with Crippen LogP contribution in [0.15, 0.2) is 24.5 Å². The van der Waals surface area contributed by atoms with E-state index in [0.717, 1.165) is 5.56 Å². The number of hydrogen-bond acceptors (Lipinski definition) is 6. The molecule has 9 heteroatoms. The van der Waals surface area contributed by atoms with Crippen LogP contribution >= 0.6 is 0 Å². The summed E-state index contributed by atoms with van der Waals surface area (Å²) in [6, 6.07) is 3.29. The second-order valence-electron chi connectivity index (χ2n) is 5.24. The van der Waals surface area contributed by atoms with Crippen molar-refractivity contribution in [2.75, 3.05) is 0 Å². The van der Waals surface area contributed by atoms with Gasteiger partial charge < -0.3 is 24.4 Å². The number of carbonyl (C=O) groups is 1. The van der Waals surface area contributed by atoms with Gasteiger partial charge in [-0.1, -0.05) is 6.57 Å². The third kappa shape index (κ3) is 3.06. The minimum atomic E-state index is -1.21. The zero-order valence-corrected chi connectivity index (χ0v) is 12.6. The number of carboxylic acids is 1. The lowest BCUT2D eigenvalue weighted by Crippen LogP contribution is -2.28. The zero-order chi connectivity index (χ0) is 17.3. The van der Waals surface area contributed by atoms with Gasteiger partial charge in [0.15, 0.2) is 6.20 Å². The lowest BCUT2D eigenvalue weighted by molar-refractivity contribution is -0.138. The van der Waals surface area contributed by atoms with E-state index in [1.54, 1.807) is 19.1 Å². The number of ether oxygens (including phenoxy) is 1. The molecule has 2 N–H and O–H groups in total. The van der Waals surface area contributed by atoms with Crippen molar-refractivity contribution in [1.82, 2.24) is 9.97 Å². The third-order valence-electron chi connectivity index (χ3n) is 3.59. The van der Waals surface area contributed by atoms with Crippen molar-refractivity contribution in [3.63, 3.8) is 0 Å². The van der Waals surface area contributed by atoms with Crippen molar-refractivity contribution >= 4 is 24.4 Å². The molecule has 2 aromatic rings. The summed E-state index contributed by atoms with van der Waals surface area (Å²) in [5.41, 5.74) is 1.88. The van der Waals surface area contributed by atoms with Crippen LogP contribution in [-0.4, -0.2) is 33.2 Å². The van der Waals surface area contributed by atoms with E-state index >= 15 is 0 Å². The number of hydrogen-bond donors (Lipinski definition) is 2. The number of benzene rings is 1. The molecule has 0 amide bonds. The van der Waals surface area contributed by atoms with Gasteiger partial charge in [0, 0.05) is 0 Å². The molecule has 0 bridgehead atoms. The van der Waals surface area contributed by atoms with Gasteiger partial charge in [0.2, 0.25) is 0 Å². The molecule has 120 valence electrons. The molecule has 0 saturated heterocycles. The highest BCUT2D eigenvalue weighted by molar-refractivity contribution is 6.62. The van der Waals surface area contributed by atoms with Crippen molar-refractivity contribution in [2.45, 2.75) is 19.4 Å². The van der Waals surface area contributed by atoms with Crippen LogP contribution in [0.25, 0.3) is 4.85 Å². The van der Waals surface area contributed by atoms with E-state index in [1.807, 2.05) is 0 Å². The number of aryl methyl sites for hydroxylation is 1. The van der Waals surface area contributed by atoms with Gasteiger partial charge in [-0.05, 0) is 35.6 Å². The zero-order valence-electron chi connectivity index (χ0n) is 12.6. The Balaban J connectivity index is 1.89. The maximum absolute atomic E-state index is 10.9. The van der Waals surface area contributed by atoms with Crippen molar-refractivity contribution in [3.8, 4) is 11.6 Å². The highest BCUT2D eigenvalue weighted by Gasteiger charge is 2.37. The number of nitrogens with zero attached hydrogens (tertiary/aromatic N) is 3. The molecule has 0 saturated carbocycles. The van der Waals surface area contributed by atoms with Crippen LogP contribution in [0.3, 0.4) is 0 Å². The normalized spacial score (nSPS) is 15.7. The third-order valence-corrected chi connectivity index (χ3v) is 3.59. The fraction of sp³-hybridized carbons (Fsp3) is 0.200. The first-order chi connectivity index (χ1) is 11.5. The molecule has 1 atom stereocenters. The topological polar surface area (TPSA) is 106 Å². The van der Waals surface area contributed by atoms with E-state index in [4.69, 9.17) is 21.1 Å². The Labute approximate surface area is 137 Å². The summed E-state index contributed by atoms with van der Waals surface area (Å²) in [6.07, 6.45) is 1.70. The van der Waals surface area contributed by atoms with Crippen LogP contribution in [0.1, 0.15) is 23.7 Å². The van der Waals surface area contributed by atoms with Gasteiger partial charge in [-0.2, -0.15) is 0 Å². The minimum Gasteiger partial charge on any atom is -0.481 e. The highest BCUT2D eigenvalue weighted by atomic mass is 16.5. The Morgan fingerprint density at radius 1 is 1.46 bits per heavy atom. The van der Waals surface area contributed by atoms with Crippen LogP contribution in [0, 0.1) is 13.5 Å². The quantitative estimate of drug-likeness (QED) is 0.646. The SMILES string of the molecule is [C-]#[N+]c1cnc(Oc2cc(C)c3c(c2)B(O)OC3CC(=O)O)cn1. The number of fused-ring (bicyclic) bond motifs is 1. The van der Waals surface area contributed by atoms with Crippen molar-refractivity contribution < 1.29 is 24.3 Å². The predicted octanol–water partition coefficient (Wildman–Crippen LogP) is 1.36. The molecule has 1 aliphatic heterocycles. The second kappa shape index (κ2) is 6.27. The molecule has 1 unspecified atom stereocenters. The summed E-state index contributed by atoms with van der Waals surface area (Å²) in [7, 11) is -1.21. The molecule has 0 fully saturated rings. The molecule has 8 nitrogen and oxygen atoms in total. The number of aromatic nitrogens is 2. The van der Waals surface area contributed by atoms with Gasteiger partial charge in [0.05, 0.1) is 18.7 Å². The lowest BCUT2D eigenvalue weighted by Gasteiger charge is -2.13. The molecule has 0 aliphatic carbocycles. The molecular formula is C15H12BN3O5. The van der Waals surface area contributed by atoms with Gasteiger partial charge in [-0.15, -0.1) is 4.98 Å². The van der Waals surface area contributed by atoms with Gasteiger partial charge >= 0.3 is 13.1 Å². The number of aliphatic carboxylic acids is 1. The van der Waals surface area contributed by atoms with E-state index in [1.165, 1.54) is 12.4 Å².